The number of hydrogen-bond donors (Lipinski definition) is 2. The number of H-pyrrole nitrogens is 1. The number of benzene rings is 2. The van der Waals surface area contributed by atoms with Crippen molar-refractivity contribution >= 4 is 54.8 Å². The third-order valence-corrected chi connectivity index (χ3v) is 7.57. The number of nitrogens with one attached hydrogen (secondary N) is 1. The largest absolute Gasteiger partial charge is 0.474 e. The number of aromatic nitrogens is 2. The van der Waals surface area contributed by atoms with E-state index < -0.39 is 17.3 Å². The highest BCUT2D eigenvalue weighted by atomic mass is 35.5. The number of anilines is 1. The van der Waals surface area contributed by atoms with Gasteiger partial charge in [-0.15, -0.1) is 11.3 Å². The van der Waals surface area contributed by atoms with Crippen LogP contribution in [0, 0.1) is 23.0 Å². The van der Waals surface area contributed by atoms with Gasteiger partial charge in [-0.2, -0.15) is 10.2 Å². The fraction of sp³-hybridized carbons (Fsp3) is 0.250. The van der Waals surface area contributed by atoms with Crippen molar-refractivity contribution in [2.75, 3.05) is 18.8 Å². The number of ether oxygens (including phenoxy) is 1. The highest BCUT2D eigenvalue weighted by Gasteiger charge is 2.26. The molecule has 0 saturated carbocycles. The normalized spacial score (nSPS) is 14.4. The van der Waals surface area contributed by atoms with Crippen molar-refractivity contribution in [3.63, 3.8) is 0 Å². The van der Waals surface area contributed by atoms with E-state index in [1.807, 2.05) is 6.07 Å². The molecule has 4 aromatic rings. The molecule has 36 heavy (non-hydrogen) atoms. The summed E-state index contributed by atoms with van der Waals surface area (Å²) in [4.78, 5) is 31.9. The van der Waals surface area contributed by atoms with Crippen LogP contribution in [-0.2, 0) is 4.79 Å². The number of carbonyl (C=O) groups excluding carboxylic acids is 1. The summed E-state index contributed by atoms with van der Waals surface area (Å²) < 4.78 is 36.5. The zero-order valence-corrected chi connectivity index (χ0v) is 20.4. The van der Waals surface area contributed by atoms with Gasteiger partial charge < -0.3 is 20.4 Å². The number of thiophene rings is 1. The van der Waals surface area contributed by atoms with E-state index in [9.17, 15) is 19.2 Å². The third kappa shape index (κ3) is 3.92. The molecule has 0 spiro atoms. The van der Waals surface area contributed by atoms with E-state index in [0.717, 1.165) is 17.4 Å². The maximum absolute atomic E-state index is 16.0. The number of aromatic amines is 1. The number of rotatable bonds is 3. The quantitative estimate of drug-likeness (QED) is 0.400. The number of piperidine rings is 1. The molecule has 3 N–H and O–H groups in total. The van der Waals surface area contributed by atoms with Gasteiger partial charge in [0.1, 0.15) is 23.0 Å². The maximum Gasteiger partial charge on any atom is 0.348 e. The van der Waals surface area contributed by atoms with E-state index in [2.05, 4.69) is 9.97 Å². The number of likely N-dealkylation sites (tertiary alicyclic amines) is 1. The highest BCUT2D eigenvalue weighted by molar-refractivity contribution is 7.23. The Balaban J connectivity index is 1.65. The summed E-state index contributed by atoms with van der Waals surface area (Å²) in [5, 5.41) is 9.93. The highest BCUT2D eigenvalue weighted by Crippen LogP contribution is 2.45. The average molecular weight is 530 g/mol. The number of fused-ring (bicyclic) bond motifs is 2. The molecule has 1 aliphatic rings. The monoisotopic (exact) mass is 529 g/mol. The lowest BCUT2D eigenvalue weighted by molar-refractivity contribution is -0.130. The van der Waals surface area contributed by atoms with Crippen LogP contribution < -0.4 is 16.2 Å². The van der Waals surface area contributed by atoms with E-state index in [4.69, 9.17) is 22.1 Å². The minimum absolute atomic E-state index is 0.0178. The molecule has 0 atom stereocenters. The van der Waals surface area contributed by atoms with E-state index in [0.29, 0.717) is 25.9 Å². The predicted octanol–water partition coefficient (Wildman–Crippen LogP) is 4.58. The molecule has 1 amide bonds. The molecule has 1 aliphatic heterocycles. The van der Waals surface area contributed by atoms with Crippen LogP contribution in [0.3, 0.4) is 0 Å². The van der Waals surface area contributed by atoms with Gasteiger partial charge in [-0.1, -0.05) is 17.7 Å². The molecular formula is C24H18ClF2N5O3S. The predicted molar refractivity (Wildman–Crippen MR) is 133 cm³/mol. The SMILES string of the molecule is CC(=O)N1CCC(Oc2nc(=O)[nH]c3c(F)c(-c4ccc(F)c5sc(N)c(C#N)c45)c(Cl)cc23)CC1. The molecule has 0 aliphatic carbocycles. The van der Waals surface area contributed by atoms with Crippen LogP contribution >= 0.6 is 22.9 Å². The standard InChI is InChI=1S/C24H18ClF2N5O3S/c1-10(33)32-6-4-11(5-7-32)35-23-13-8-15(25)18(19(27)20(13)30-24(34)31-23)12-2-3-16(26)21-17(12)14(9-28)22(29)36-21/h2-3,8,11H,4-7,29H2,1H3,(H,30,31,34). The topological polar surface area (TPSA) is 125 Å². The van der Waals surface area contributed by atoms with Gasteiger partial charge in [0.05, 0.1) is 26.2 Å². The van der Waals surface area contributed by atoms with Crippen molar-refractivity contribution in [1.82, 2.24) is 14.9 Å². The number of nitriles is 1. The first-order valence-electron chi connectivity index (χ1n) is 10.9. The van der Waals surface area contributed by atoms with E-state index >= 15 is 4.39 Å². The Hall–Kier alpha value is -3.75. The first-order chi connectivity index (χ1) is 17.2. The molecule has 8 nitrogen and oxygen atoms in total. The molecule has 2 aromatic carbocycles. The van der Waals surface area contributed by atoms with Crippen molar-refractivity contribution in [2.45, 2.75) is 25.9 Å². The minimum Gasteiger partial charge on any atom is -0.474 e. The first-order valence-corrected chi connectivity index (χ1v) is 12.1. The Morgan fingerprint density at radius 1 is 1.36 bits per heavy atom. The van der Waals surface area contributed by atoms with Gasteiger partial charge in [0.25, 0.3) is 0 Å². The fourth-order valence-corrected chi connectivity index (χ4v) is 5.73. The molecule has 1 saturated heterocycles. The minimum atomic E-state index is -0.880. The fourth-order valence-electron chi connectivity index (χ4n) is 4.49. The van der Waals surface area contributed by atoms with Crippen LogP contribution in [0.4, 0.5) is 13.8 Å². The van der Waals surface area contributed by atoms with E-state index in [1.54, 1.807) is 4.90 Å². The number of halogens is 3. The van der Waals surface area contributed by atoms with Crippen molar-refractivity contribution in [2.24, 2.45) is 0 Å². The third-order valence-electron chi connectivity index (χ3n) is 6.25. The first kappa shape index (κ1) is 24.0. The van der Waals surface area contributed by atoms with Crippen molar-refractivity contribution in [1.29, 1.82) is 5.26 Å². The molecule has 0 radical (unpaired) electrons. The Kier molecular flexibility index (Phi) is 6.02. The van der Waals surface area contributed by atoms with Gasteiger partial charge >= 0.3 is 5.69 Å². The Bertz CT molecular complexity index is 1650. The van der Waals surface area contributed by atoms with Gasteiger partial charge in [-0.05, 0) is 17.7 Å². The number of nitrogens with zero attached hydrogens (tertiary/aromatic N) is 3. The summed E-state index contributed by atoms with van der Waals surface area (Å²) in [6, 6.07) is 5.82. The summed E-state index contributed by atoms with van der Waals surface area (Å²) in [6.07, 6.45) is 0.713. The molecule has 5 rings (SSSR count). The van der Waals surface area contributed by atoms with E-state index in [-0.39, 0.29) is 65.6 Å². The summed E-state index contributed by atoms with van der Waals surface area (Å²) >= 11 is 7.41. The second-order valence-electron chi connectivity index (χ2n) is 8.39. The van der Waals surface area contributed by atoms with Crippen molar-refractivity contribution in [3.05, 3.63) is 50.9 Å². The molecule has 184 valence electrons. The maximum atomic E-state index is 16.0. The van der Waals surface area contributed by atoms with Gasteiger partial charge in [0.15, 0.2) is 5.82 Å². The van der Waals surface area contributed by atoms with E-state index in [1.165, 1.54) is 19.1 Å². The second kappa shape index (κ2) is 9.04. The van der Waals surface area contributed by atoms with Crippen LogP contribution in [0.25, 0.3) is 32.1 Å². The molecule has 3 heterocycles. The van der Waals surface area contributed by atoms with Crippen LogP contribution in [0.5, 0.6) is 5.88 Å². The lowest BCUT2D eigenvalue weighted by Gasteiger charge is -2.31. The lowest BCUT2D eigenvalue weighted by atomic mass is 9.97. The Labute approximate surface area is 211 Å². The number of hydrogen-bond acceptors (Lipinski definition) is 7. The summed E-state index contributed by atoms with van der Waals surface area (Å²) in [7, 11) is 0. The van der Waals surface area contributed by atoms with Crippen LogP contribution in [0.1, 0.15) is 25.3 Å². The molecule has 2 aromatic heterocycles. The summed E-state index contributed by atoms with van der Waals surface area (Å²) in [5.41, 5.74) is 4.95. The number of carbonyl (C=O) groups is 1. The molecular weight excluding hydrogens is 512 g/mol. The Morgan fingerprint density at radius 2 is 2.08 bits per heavy atom. The van der Waals surface area contributed by atoms with Gasteiger partial charge in [-0.3, -0.25) is 4.79 Å². The summed E-state index contributed by atoms with van der Waals surface area (Å²) in [6.45, 7) is 2.48. The number of nitrogens with two attached hydrogens (primary N) is 1. The van der Waals surface area contributed by atoms with Crippen LogP contribution in [0.15, 0.2) is 23.0 Å². The number of nitrogen functional groups attached to an aromatic ring is 1. The van der Waals surface area contributed by atoms with Crippen molar-refractivity contribution in [3.8, 4) is 23.1 Å². The molecule has 0 bridgehead atoms. The Morgan fingerprint density at radius 3 is 2.75 bits per heavy atom. The molecule has 12 heteroatoms. The number of amides is 1. The van der Waals surface area contributed by atoms with Crippen molar-refractivity contribution < 1.29 is 18.3 Å². The average Bonchev–Trinajstić information content (AvgIpc) is 3.18. The van der Waals surface area contributed by atoms with Crippen LogP contribution in [-0.4, -0.2) is 40.0 Å². The zero-order chi connectivity index (χ0) is 25.7. The second-order valence-corrected chi connectivity index (χ2v) is 9.85. The zero-order valence-electron chi connectivity index (χ0n) is 18.8. The van der Waals surface area contributed by atoms with Crippen LogP contribution in [0.2, 0.25) is 5.02 Å². The summed E-state index contributed by atoms with van der Waals surface area (Å²) in [5.74, 6) is -1.59. The van der Waals surface area contributed by atoms with Gasteiger partial charge in [0.2, 0.25) is 11.8 Å². The molecule has 1 fully saturated rings. The molecule has 0 unspecified atom stereocenters. The van der Waals surface area contributed by atoms with Gasteiger partial charge in [0, 0.05) is 43.8 Å². The smallest absolute Gasteiger partial charge is 0.348 e. The lowest BCUT2D eigenvalue weighted by Crippen LogP contribution is -2.40. The van der Waals surface area contributed by atoms with Gasteiger partial charge in [-0.25, -0.2) is 13.6 Å².